The Bertz CT molecular complexity index is 1230. The molecule has 9 nitrogen and oxygen atoms in total. The van der Waals surface area contributed by atoms with Crippen LogP contribution in [0.3, 0.4) is 0 Å². The Morgan fingerprint density at radius 2 is 2.13 bits per heavy atom. The van der Waals surface area contributed by atoms with Gasteiger partial charge in [-0.05, 0) is 41.1 Å². The van der Waals surface area contributed by atoms with Crippen molar-refractivity contribution in [2.24, 2.45) is 0 Å². The van der Waals surface area contributed by atoms with E-state index < -0.39 is 18.0 Å². The van der Waals surface area contributed by atoms with Gasteiger partial charge in [0.1, 0.15) is 22.2 Å². The lowest BCUT2D eigenvalue weighted by Gasteiger charge is -2.19. The first kappa shape index (κ1) is 19.7. The molecule has 1 amide bonds. The minimum atomic E-state index is -1.33. The van der Waals surface area contributed by atoms with Gasteiger partial charge in [-0.3, -0.25) is 10.3 Å². The van der Waals surface area contributed by atoms with Gasteiger partial charge < -0.3 is 9.84 Å². The van der Waals surface area contributed by atoms with E-state index in [0.29, 0.717) is 21.5 Å². The van der Waals surface area contributed by atoms with Crippen molar-refractivity contribution in [1.29, 1.82) is 0 Å². The van der Waals surface area contributed by atoms with E-state index in [1.54, 1.807) is 36.1 Å². The molecule has 0 radical (unpaired) electrons. The van der Waals surface area contributed by atoms with E-state index >= 15 is 0 Å². The maximum atomic E-state index is 13.5. The molecule has 4 aromatic heterocycles. The first-order valence-electron chi connectivity index (χ1n) is 8.70. The molecule has 0 saturated heterocycles. The summed E-state index contributed by atoms with van der Waals surface area (Å²) < 4.78 is 21.8. The van der Waals surface area contributed by atoms with Gasteiger partial charge in [0, 0.05) is 24.5 Å². The number of pyridine rings is 3. The summed E-state index contributed by atoms with van der Waals surface area (Å²) in [6, 6.07) is 8.05. The van der Waals surface area contributed by atoms with Crippen LogP contribution in [0.1, 0.15) is 18.7 Å². The minimum absolute atomic E-state index is 0.0788. The first-order chi connectivity index (χ1) is 14.4. The molecule has 152 valence electrons. The fourth-order valence-corrected chi connectivity index (χ4v) is 3.21. The summed E-state index contributed by atoms with van der Waals surface area (Å²) in [4.78, 5) is 23.8. The number of hydrogen-bond acceptors (Lipinski definition) is 6. The first-order valence-corrected chi connectivity index (χ1v) is 9.49. The van der Waals surface area contributed by atoms with Crippen LogP contribution in [0.2, 0.25) is 0 Å². The van der Waals surface area contributed by atoms with Crippen LogP contribution < -0.4 is 10.1 Å². The third-order valence-corrected chi connectivity index (χ3v) is 4.57. The largest absolute Gasteiger partial charge is 0.480 e. The molecule has 4 aromatic rings. The molecule has 4 heterocycles. The van der Waals surface area contributed by atoms with Crippen molar-refractivity contribution in [2.45, 2.75) is 13.0 Å². The number of hydrogen-bond donors (Lipinski definition) is 2. The minimum Gasteiger partial charge on any atom is -0.480 e. The molecule has 4 rings (SSSR count). The van der Waals surface area contributed by atoms with Crippen molar-refractivity contribution in [2.75, 3.05) is 5.32 Å². The van der Waals surface area contributed by atoms with E-state index in [0.717, 1.165) is 12.3 Å². The van der Waals surface area contributed by atoms with Gasteiger partial charge in [-0.15, -0.1) is 0 Å². The van der Waals surface area contributed by atoms with Crippen LogP contribution in [0.4, 0.5) is 15.0 Å². The predicted octanol–water partition coefficient (Wildman–Crippen LogP) is 4.34. The summed E-state index contributed by atoms with van der Waals surface area (Å²) in [5.74, 6) is -0.532. The molecule has 0 spiro atoms. The number of ether oxygens (including phenoxy) is 1. The maximum absolute atomic E-state index is 13.5. The van der Waals surface area contributed by atoms with Crippen LogP contribution in [-0.2, 0) is 0 Å². The molecule has 0 aromatic carbocycles. The Morgan fingerprint density at radius 3 is 2.87 bits per heavy atom. The molecular weight excluding hydrogens is 459 g/mol. The molecule has 0 fully saturated rings. The Morgan fingerprint density at radius 1 is 1.30 bits per heavy atom. The van der Waals surface area contributed by atoms with Crippen molar-refractivity contribution in [3.05, 3.63) is 65.0 Å². The molecule has 0 bridgehead atoms. The average molecular weight is 473 g/mol. The lowest BCUT2D eigenvalue weighted by atomic mass is 10.2. The highest BCUT2D eigenvalue weighted by atomic mass is 79.9. The van der Waals surface area contributed by atoms with E-state index in [2.05, 4.69) is 41.3 Å². The number of halogens is 2. The SMILES string of the molecule is C[C@H](Oc1cc2ncc(F)cc2nc1NC(=O)O)c1nc(Br)ccc1-n1cccn1. The summed E-state index contributed by atoms with van der Waals surface area (Å²) in [5.41, 5.74) is 1.79. The highest BCUT2D eigenvalue weighted by Gasteiger charge is 2.20. The number of carbonyl (C=O) groups is 1. The van der Waals surface area contributed by atoms with Gasteiger partial charge in [-0.25, -0.2) is 23.8 Å². The smallest absolute Gasteiger partial charge is 0.410 e. The van der Waals surface area contributed by atoms with Crippen molar-refractivity contribution in [3.63, 3.8) is 0 Å². The molecule has 30 heavy (non-hydrogen) atoms. The average Bonchev–Trinajstić information content (AvgIpc) is 3.22. The van der Waals surface area contributed by atoms with Crippen LogP contribution in [0.25, 0.3) is 16.7 Å². The summed E-state index contributed by atoms with van der Waals surface area (Å²) >= 11 is 3.36. The molecule has 0 unspecified atom stereocenters. The van der Waals surface area contributed by atoms with Gasteiger partial charge in [0.2, 0.25) is 0 Å². The zero-order chi connectivity index (χ0) is 21.3. The normalized spacial score (nSPS) is 12.0. The molecular formula is C19H14BrFN6O3. The highest BCUT2D eigenvalue weighted by Crippen LogP contribution is 2.32. The number of aromatic nitrogens is 5. The molecule has 1 atom stereocenters. The van der Waals surface area contributed by atoms with Crippen LogP contribution in [-0.4, -0.2) is 35.9 Å². The number of amides is 1. The monoisotopic (exact) mass is 472 g/mol. The molecule has 0 aliphatic heterocycles. The van der Waals surface area contributed by atoms with Crippen molar-refractivity contribution >= 4 is 38.9 Å². The summed E-state index contributed by atoms with van der Waals surface area (Å²) in [5, 5.41) is 15.6. The van der Waals surface area contributed by atoms with Gasteiger partial charge in [0.25, 0.3) is 0 Å². The number of fused-ring (bicyclic) bond motifs is 1. The zero-order valence-electron chi connectivity index (χ0n) is 15.5. The van der Waals surface area contributed by atoms with E-state index in [-0.39, 0.29) is 17.1 Å². The van der Waals surface area contributed by atoms with E-state index in [1.165, 1.54) is 6.07 Å². The summed E-state index contributed by atoms with van der Waals surface area (Å²) in [6.07, 6.45) is 2.52. The fraction of sp³-hybridized carbons (Fsp3) is 0.105. The molecule has 11 heteroatoms. The van der Waals surface area contributed by atoms with Crippen LogP contribution in [0.5, 0.6) is 5.75 Å². The van der Waals surface area contributed by atoms with E-state index in [4.69, 9.17) is 9.84 Å². The van der Waals surface area contributed by atoms with Crippen LogP contribution >= 0.6 is 15.9 Å². The number of anilines is 1. The third-order valence-electron chi connectivity index (χ3n) is 4.13. The molecule has 0 aliphatic carbocycles. The lowest BCUT2D eigenvalue weighted by molar-refractivity contribution is 0.207. The van der Waals surface area contributed by atoms with Gasteiger partial charge in [-0.1, -0.05) is 0 Å². The van der Waals surface area contributed by atoms with Crippen LogP contribution in [0.15, 0.2) is 53.5 Å². The van der Waals surface area contributed by atoms with Gasteiger partial charge in [-0.2, -0.15) is 5.10 Å². The standard InChI is InChI=1S/C19H14BrFN6O3/c1-10(17-14(3-4-16(20)25-17)27-6-2-5-23-27)30-15-8-12-13(7-11(21)9-22-12)24-18(15)26-19(28)29/h2-10H,1H3,(H,24,26)(H,28,29)/t10-/m0/s1. The zero-order valence-corrected chi connectivity index (χ0v) is 17.0. The Balaban J connectivity index is 1.76. The quantitative estimate of drug-likeness (QED) is 0.415. The molecule has 2 N–H and O–H groups in total. The fourth-order valence-electron chi connectivity index (χ4n) is 2.88. The Hall–Kier alpha value is -3.60. The molecule has 0 aliphatic rings. The summed E-state index contributed by atoms with van der Waals surface area (Å²) in [7, 11) is 0. The maximum Gasteiger partial charge on any atom is 0.410 e. The van der Waals surface area contributed by atoms with Gasteiger partial charge >= 0.3 is 6.09 Å². The summed E-state index contributed by atoms with van der Waals surface area (Å²) in [6.45, 7) is 1.76. The number of rotatable bonds is 5. The van der Waals surface area contributed by atoms with Crippen molar-refractivity contribution < 1.29 is 19.0 Å². The number of nitrogens with one attached hydrogen (secondary N) is 1. The van der Waals surface area contributed by atoms with Gasteiger partial charge in [0.15, 0.2) is 11.6 Å². The van der Waals surface area contributed by atoms with Crippen molar-refractivity contribution in [3.8, 4) is 11.4 Å². The topological polar surface area (TPSA) is 115 Å². The second kappa shape index (κ2) is 8.03. The van der Waals surface area contributed by atoms with E-state index in [9.17, 15) is 9.18 Å². The molecule has 0 saturated carbocycles. The lowest BCUT2D eigenvalue weighted by Crippen LogP contribution is -2.14. The number of nitrogens with zero attached hydrogens (tertiary/aromatic N) is 5. The van der Waals surface area contributed by atoms with Crippen LogP contribution in [0, 0.1) is 5.82 Å². The highest BCUT2D eigenvalue weighted by molar-refractivity contribution is 9.10. The second-order valence-electron chi connectivity index (χ2n) is 6.21. The predicted molar refractivity (Wildman–Crippen MR) is 109 cm³/mol. The second-order valence-corrected chi connectivity index (χ2v) is 7.02. The Labute approximate surface area is 177 Å². The van der Waals surface area contributed by atoms with Crippen molar-refractivity contribution in [1.82, 2.24) is 24.7 Å². The van der Waals surface area contributed by atoms with Gasteiger partial charge in [0.05, 0.1) is 22.9 Å². The third kappa shape index (κ3) is 4.06. The Kier molecular flexibility index (Phi) is 5.27. The number of carboxylic acid groups (broad SMARTS) is 1. The van der Waals surface area contributed by atoms with E-state index in [1.807, 2.05) is 6.07 Å².